The zero-order valence-electron chi connectivity index (χ0n) is 15.5. The first kappa shape index (κ1) is 20.5. The maximum atomic E-state index is 12.3. The molecule has 1 aromatic carbocycles. The van der Waals surface area contributed by atoms with Gasteiger partial charge < -0.3 is 13.8 Å². The minimum Gasteiger partial charge on any atom is -0.591 e. The maximum absolute atomic E-state index is 12.3. The molecule has 0 bridgehead atoms. The monoisotopic (exact) mass is 396 g/mol. The third-order valence-corrected chi connectivity index (χ3v) is 5.31. The van der Waals surface area contributed by atoms with E-state index in [2.05, 4.69) is 9.55 Å². The van der Waals surface area contributed by atoms with Gasteiger partial charge in [-0.15, -0.1) is 0 Å². The number of benzene rings is 1. The molecule has 0 saturated heterocycles. The van der Waals surface area contributed by atoms with Gasteiger partial charge in [-0.2, -0.15) is 0 Å². The molecule has 26 heavy (non-hydrogen) atoms. The quantitative estimate of drug-likeness (QED) is 0.435. The summed E-state index contributed by atoms with van der Waals surface area (Å²) in [6.07, 6.45) is 0. The molecule has 140 valence electrons. The average molecular weight is 397 g/mol. The van der Waals surface area contributed by atoms with Gasteiger partial charge in [0.05, 0.1) is 23.9 Å². The van der Waals surface area contributed by atoms with Crippen molar-refractivity contribution in [2.75, 3.05) is 7.11 Å². The van der Waals surface area contributed by atoms with Gasteiger partial charge >= 0.3 is 5.97 Å². The number of aromatic nitrogens is 1. The topological polar surface area (TPSA) is 87.8 Å². The van der Waals surface area contributed by atoms with Gasteiger partial charge in [-0.1, -0.05) is 27.2 Å². The summed E-state index contributed by atoms with van der Waals surface area (Å²) in [5.74, 6) is -0.172. The summed E-state index contributed by atoms with van der Waals surface area (Å²) in [6.45, 7) is 8.95. The van der Waals surface area contributed by atoms with E-state index in [0.29, 0.717) is 33.3 Å². The lowest BCUT2D eigenvalue weighted by molar-refractivity contribution is 0.0601. The number of halogens is 1. The van der Waals surface area contributed by atoms with Crippen molar-refractivity contribution in [3.8, 4) is 11.1 Å². The Kier molecular flexibility index (Phi) is 6.16. The Morgan fingerprint density at radius 3 is 2.62 bits per heavy atom. The van der Waals surface area contributed by atoms with Crippen molar-refractivity contribution >= 4 is 34.6 Å². The summed E-state index contributed by atoms with van der Waals surface area (Å²) >= 11 is 4.57. The summed E-state index contributed by atoms with van der Waals surface area (Å²) in [5.41, 5.74) is 2.45. The molecular weight excluding hydrogens is 376 g/mol. The van der Waals surface area contributed by atoms with Crippen LogP contribution in [0.3, 0.4) is 0 Å². The first-order chi connectivity index (χ1) is 12.1. The number of esters is 1. The number of hydrogen-bond donors (Lipinski definition) is 0. The van der Waals surface area contributed by atoms with Crippen molar-refractivity contribution in [1.29, 1.82) is 0 Å². The number of carbonyl (C=O) groups excluding carboxylic acids is 1. The van der Waals surface area contributed by atoms with Crippen molar-refractivity contribution in [3.63, 3.8) is 0 Å². The van der Waals surface area contributed by atoms with Crippen molar-refractivity contribution in [2.24, 2.45) is 4.40 Å². The van der Waals surface area contributed by atoms with E-state index < -0.39 is 22.1 Å². The molecule has 1 heterocycles. The van der Waals surface area contributed by atoms with E-state index >= 15 is 0 Å². The first-order valence-electron chi connectivity index (χ1n) is 7.88. The van der Waals surface area contributed by atoms with Gasteiger partial charge in [-0.25, -0.2) is 4.79 Å². The molecule has 0 aliphatic carbocycles. The van der Waals surface area contributed by atoms with Gasteiger partial charge in [0.15, 0.2) is 5.76 Å². The summed E-state index contributed by atoms with van der Waals surface area (Å²) in [4.78, 5) is 12.2. The number of aryl methyl sites for hydroxylation is 1. The van der Waals surface area contributed by atoms with Crippen molar-refractivity contribution in [3.05, 3.63) is 40.2 Å². The van der Waals surface area contributed by atoms with Gasteiger partial charge in [-0.05, 0) is 46.8 Å². The van der Waals surface area contributed by atoms with Crippen LogP contribution in [0.4, 0.5) is 0 Å². The Morgan fingerprint density at radius 1 is 1.38 bits per heavy atom. The van der Waals surface area contributed by atoms with E-state index in [-0.39, 0.29) is 5.56 Å². The van der Waals surface area contributed by atoms with E-state index in [1.807, 2.05) is 20.8 Å². The molecular formula is C18H21ClN2O4S. The Bertz CT molecular complexity index is 855. The summed E-state index contributed by atoms with van der Waals surface area (Å²) in [5, 5.41) is 4.40. The van der Waals surface area contributed by atoms with Crippen LogP contribution < -0.4 is 0 Å². The van der Waals surface area contributed by atoms with Crippen LogP contribution in [0.2, 0.25) is 5.02 Å². The van der Waals surface area contributed by atoms with E-state index in [4.69, 9.17) is 20.9 Å². The molecule has 0 N–H and O–H groups in total. The van der Waals surface area contributed by atoms with Crippen LogP contribution in [0, 0.1) is 6.92 Å². The van der Waals surface area contributed by atoms with Gasteiger partial charge in [0.1, 0.15) is 21.8 Å². The number of methoxy groups -OCH3 is 1. The summed E-state index contributed by atoms with van der Waals surface area (Å²) in [7, 11) is 1.30. The van der Waals surface area contributed by atoms with Crippen molar-refractivity contribution in [1.82, 2.24) is 5.16 Å². The van der Waals surface area contributed by atoms with Gasteiger partial charge in [0, 0.05) is 10.6 Å². The smallest absolute Gasteiger partial charge is 0.338 e. The highest BCUT2D eigenvalue weighted by Gasteiger charge is 2.29. The first-order valence-corrected chi connectivity index (χ1v) is 9.37. The molecule has 0 spiro atoms. The molecule has 1 unspecified atom stereocenters. The van der Waals surface area contributed by atoms with E-state index in [1.165, 1.54) is 13.2 Å². The van der Waals surface area contributed by atoms with Crippen LogP contribution in [0.5, 0.6) is 0 Å². The highest BCUT2D eigenvalue weighted by atomic mass is 35.5. The second-order valence-electron chi connectivity index (χ2n) is 6.69. The van der Waals surface area contributed by atoms with Crippen LogP contribution in [-0.2, 0) is 16.1 Å². The Morgan fingerprint density at radius 2 is 2.04 bits per heavy atom. The Balaban J connectivity index is 2.63. The lowest BCUT2D eigenvalue weighted by Gasteiger charge is -2.18. The van der Waals surface area contributed by atoms with Gasteiger partial charge in [0.2, 0.25) is 0 Å². The highest BCUT2D eigenvalue weighted by Crippen LogP contribution is 2.33. The fourth-order valence-corrected chi connectivity index (χ4v) is 3.03. The molecule has 6 nitrogen and oxygen atoms in total. The molecule has 0 aliphatic heterocycles. The molecule has 2 rings (SSSR count). The molecule has 0 saturated carbocycles. The molecule has 8 heteroatoms. The van der Waals surface area contributed by atoms with Crippen LogP contribution in [0.15, 0.2) is 27.1 Å². The molecule has 1 atom stereocenters. The van der Waals surface area contributed by atoms with Crippen LogP contribution in [-0.4, -0.2) is 33.2 Å². The van der Waals surface area contributed by atoms with E-state index in [0.717, 1.165) is 0 Å². The van der Waals surface area contributed by atoms with Crippen LogP contribution in [0.1, 0.15) is 49.5 Å². The van der Waals surface area contributed by atoms with Gasteiger partial charge in [0.25, 0.3) is 0 Å². The molecule has 0 radical (unpaired) electrons. The van der Waals surface area contributed by atoms with E-state index in [1.54, 1.807) is 26.0 Å². The third kappa shape index (κ3) is 4.28. The summed E-state index contributed by atoms with van der Waals surface area (Å²) < 4.78 is 26.4. The Labute approximate surface area is 160 Å². The number of rotatable bonds is 4. The number of carbonyl (C=O) groups is 1. The van der Waals surface area contributed by atoms with Crippen LogP contribution in [0.25, 0.3) is 11.1 Å². The molecule has 0 aliphatic rings. The lowest BCUT2D eigenvalue weighted by Crippen LogP contribution is -2.26. The molecule has 2 aromatic rings. The molecule has 0 amide bonds. The van der Waals surface area contributed by atoms with Crippen molar-refractivity contribution in [2.45, 2.75) is 39.4 Å². The number of hydrogen-bond acceptors (Lipinski definition) is 6. The van der Waals surface area contributed by atoms with Gasteiger partial charge in [-0.3, -0.25) is 0 Å². The predicted octanol–water partition coefficient (Wildman–Crippen LogP) is 4.36. The fourth-order valence-electron chi connectivity index (χ4n) is 2.25. The third-order valence-electron chi connectivity index (χ3n) is 3.59. The SMILES string of the molecule is COC(=O)c1cc(Cl)ccc1-c1c(C)noc1/C(C)=N/[S+]([O-])C(C)(C)C. The minimum absolute atomic E-state index is 0.289. The second kappa shape index (κ2) is 7.82. The summed E-state index contributed by atoms with van der Waals surface area (Å²) in [6, 6.07) is 4.89. The molecule has 0 fully saturated rings. The number of nitrogens with zero attached hydrogens (tertiary/aromatic N) is 2. The largest absolute Gasteiger partial charge is 0.591 e. The standard InChI is InChI=1S/C18H21ClN2O4S/c1-10-15(13-8-7-12(19)9-14(13)17(22)24-6)16(25-20-10)11(2)21-26(23)18(3,4)5/h7-9H,1-6H3/b21-11+. The lowest BCUT2D eigenvalue weighted by atomic mass is 9.97. The van der Waals surface area contributed by atoms with E-state index in [9.17, 15) is 9.35 Å². The normalized spacial score (nSPS) is 13.6. The second-order valence-corrected chi connectivity index (χ2v) is 9.03. The molecule has 1 aromatic heterocycles. The number of ether oxygens (including phenoxy) is 1. The van der Waals surface area contributed by atoms with Crippen LogP contribution >= 0.6 is 11.6 Å². The fraction of sp³-hybridized carbons (Fsp3) is 0.389. The average Bonchev–Trinajstić information content (AvgIpc) is 2.94. The highest BCUT2D eigenvalue weighted by molar-refractivity contribution is 7.91. The zero-order chi connectivity index (χ0) is 19.6. The Hall–Kier alpha value is -1.83. The minimum atomic E-state index is -1.46. The zero-order valence-corrected chi connectivity index (χ0v) is 17.1. The van der Waals surface area contributed by atoms with Crippen molar-refractivity contribution < 1.29 is 18.6 Å². The maximum Gasteiger partial charge on any atom is 0.338 e. The predicted molar refractivity (Wildman–Crippen MR) is 103 cm³/mol.